The van der Waals surface area contributed by atoms with Gasteiger partial charge in [0.05, 0.1) is 34.3 Å². The minimum Gasteiger partial charge on any atom is -0.493 e. The normalized spacial score (nSPS) is 10.8. The Morgan fingerprint density at radius 3 is 2.42 bits per heavy atom. The van der Waals surface area contributed by atoms with Gasteiger partial charge in [-0.2, -0.15) is 5.10 Å². The Morgan fingerprint density at radius 2 is 1.79 bits per heavy atom. The Balaban J connectivity index is 1.76. The van der Waals surface area contributed by atoms with Crippen molar-refractivity contribution in [2.75, 3.05) is 12.5 Å². The highest BCUT2D eigenvalue weighted by molar-refractivity contribution is 6.32. The maximum atomic E-state index is 11.2. The van der Waals surface area contributed by atoms with E-state index in [-0.39, 0.29) is 5.69 Å². The van der Waals surface area contributed by atoms with Crippen LogP contribution in [0.1, 0.15) is 16.7 Å². The van der Waals surface area contributed by atoms with Gasteiger partial charge in [0.1, 0.15) is 12.3 Å². The molecule has 170 valence electrons. The number of aryl methyl sites for hydroxylation is 1. The van der Waals surface area contributed by atoms with Crippen molar-refractivity contribution in [1.29, 1.82) is 0 Å². The number of ether oxygens (including phenoxy) is 2. The molecule has 0 fully saturated rings. The monoisotopic (exact) mass is 470 g/mol. The summed E-state index contributed by atoms with van der Waals surface area (Å²) in [6, 6.07) is 14.3. The van der Waals surface area contributed by atoms with Crippen molar-refractivity contribution >= 4 is 34.9 Å². The molecule has 0 unspecified atom stereocenters. The Bertz CT molecular complexity index is 1210. The third-order valence-electron chi connectivity index (χ3n) is 4.54. The van der Waals surface area contributed by atoms with E-state index in [9.17, 15) is 20.2 Å². The van der Waals surface area contributed by atoms with Crippen molar-refractivity contribution < 1.29 is 19.3 Å². The molecule has 3 aromatic carbocycles. The van der Waals surface area contributed by atoms with E-state index in [1.54, 1.807) is 12.1 Å². The fourth-order valence-electron chi connectivity index (χ4n) is 2.85. The summed E-state index contributed by atoms with van der Waals surface area (Å²) in [6.45, 7) is 2.30. The summed E-state index contributed by atoms with van der Waals surface area (Å²) in [7, 11) is 1.48. The van der Waals surface area contributed by atoms with Gasteiger partial charge in [0.15, 0.2) is 11.5 Å². The van der Waals surface area contributed by atoms with Gasteiger partial charge in [-0.1, -0.05) is 41.4 Å². The van der Waals surface area contributed by atoms with Crippen molar-refractivity contribution in [3.63, 3.8) is 0 Å². The van der Waals surface area contributed by atoms with Crippen molar-refractivity contribution in [2.24, 2.45) is 5.10 Å². The number of nitro benzene ring substituents is 2. The number of nitro groups is 2. The average molecular weight is 471 g/mol. The average Bonchev–Trinajstić information content (AvgIpc) is 2.79. The van der Waals surface area contributed by atoms with Gasteiger partial charge < -0.3 is 9.47 Å². The van der Waals surface area contributed by atoms with E-state index in [0.29, 0.717) is 28.7 Å². The molecular weight excluding hydrogens is 452 g/mol. The Labute approximate surface area is 193 Å². The maximum absolute atomic E-state index is 11.2. The first-order valence-electron chi connectivity index (χ1n) is 9.56. The number of nitrogens with zero attached hydrogens (tertiary/aromatic N) is 3. The number of hydrogen-bond donors (Lipinski definition) is 1. The SMILES string of the molecule is COc1cc(/C=N\Nc2ccc([N+](=O)[O-])cc2[N+](=O)[O-])cc(Cl)c1OCc1ccc(C)cc1. The molecule has 33 heavy (non-hydrogen) atoms. The van der Waals surface area contributed by atoms with E-state index in [1.807, 2.05) is 31.2 Å². The van der Waals surface area contributed by atoms with Crippen LogP contribution >= 0.6 is 11.6 Å². The third kappa shape index (κ3) is 5.95. The number of methoxy groups -OCH3 is 1. The molecule has 0 saturated heterocycles. The zero-order valence-electron chi connectivity index (χ0n) is 17.6. The van der Waals surface area contributed by atoms with Gasteiger partial charge in [-0.25, -0.2) is 0 Å². The highest BCUT2D eigenvalue weighted by atomic mass is 35.5. The van der Waals surface area contributed by atoms with E-state index in [2.05, 4.69) is 10.5 Å². The summed E-state index contributed by atoms with van der Waals surface area (Å²) in [5, 5.41) is 26.3. The third-order valence-corrected chi connectivity index (χ3v) is 4.82. The minimum atomic E-state index is -0.731. The zero-order valence-corrected chi connectivity index (χ0v) is 18.4. The molecule has 0 bridgehead atoms. The van der Waals surface area contributed by atoms with Crippen molar-refractivity contribution in [1.82, 2.24) is 0 Å². The van der Waals surface area contributed by atoms with E-state index in [0.717, 1.165) is 23.3 Å². The highest BCUT2D eigenvalue weighted by Crippen LogP contribution is 2.36. The number of rotatable bonds is 9. The smallest absolute Gasteiger partial charge is 0.301 e. The first-order chi connectivity index (χ1) is 15.8. The zero-order chi connectivity index (χ0) is 24.0. The van der Waals surface area contributed by atoms with Gasteiger partial charge in [0.25, 0.3) is 5.69 Å². The number of nitrogens with one attached hydrogen (secondary N) is 1. The summed E-state index contributed by atoms with van der Waals surface area (Å²) in [6.07, 6.45) is 1.38. The minimum absolute atomic E-state index is 0.00189. The molecule has 0 heterocycles. The van der Waals surface area contributed by atoms with Gasteiger partial charge in [-0.15, -0.1) is 0 Å². The molecule has 11 heteroatoms. The fraction of sp³-hybridized carbons (Fsp3) is 0.136. The molecule has 0 aliphatic carbocycles. The number of non-ortho nitro benzene ring substituents is 1. The van der Waals surface area contributed by atoms with Crippen LogP contribution < -0.4 is 14.9 Å². The first-order valence-corrected chi connectivity index (χ1v) is 9.94. The lowest BCUT2D eigenvalue weighted by molar-refractivity contribution is -0.393. The largest absolute Gasteiger partial charge is 0.493 e. The second-order valence-corrected chi connectivity index (χ2v) is 7.30. The van der Waals surface area contributed by atoms with Gasteiger partial charge in [-0.05, 0) is 36.2 Å². The van der Waals surface area contributed by atoms with E-state index in [4.69, 9.17) is 21.1 Å². The Morgan fingerprint density at radius 1 is 1.06 bits per heavy atom. The number of benzene rings is 3. The molecular formula is C22H19ClN4O6. The first kappa shape index (κ1) is 23.5. The van der Waals surface area contributed by atoms with Crippen molar-refractivity contribution in [2.45, 2.75) is 13.5 Å². The van der Waals surface area contributed by atoms with Gasteiger partial charge in [-0.3, -0.25) is 25.7 Å². The highest BCUT2D eigenvalue weighted by Gasteiger charge is 2.19. The van der Waals surface area contributed by atoms with Crippen LogP contribution in [0.3, 0.4) is 0 Å². The summed E-state index contributed by atoms with van der Waals surface area (Å²) in [5.41, 5.74) is 4.30. The van der Waals surface area contributed by atoms with Crippen LogP contribution in [0.4, 0.5) is 17.1 Å². The van der Waals surface area contributed by atoms with Crippen molar-refractivity contribution in [3.8, 4) is 11.5 Å². The van der Waals surface area contributed by atoms with Crippen LogP contribution in [0.5, 0.6) is 11.5 Å². The van der Waals surface area contributed by atoms with Crippen LogP contribution in [0.25, 0.3) is 0 Å². The Hall–Kier alpha value is -4.18. The molecule has 0 aromatic heterocycles. The van der Waals surface area contributed by atoms with Crippen LogP contribution in [0.15, 0.2) is 59.7 Å². The second kappa shape index (κ2) is 10.4. The number of hydrogen-bond acceptors (Lipinski definition) is 8. The van der Waals surface area contributed by atoms with Crippen LogP contribution in [-0.4, -0.2) is 23.2 Å². The molecule has 3 aromatic rings. The van der Waals surface area contributed by atoms with Gasteiger partial charge in [0.2, 0.25) is 0 Å². The van der Waals surface area contributed by atoms with Gasteiger partial charge >= 0.3 is 5.69 Å². The summed E-state index contributed by atoms with van der Waals surface area (Å²) in [4.78, 5) is 20.6. The van der Waals surface area contributed by atoms with E-state index in [1.165, 1.54) is 19.4 Å². The lowest BCUT2D eigenvalue weighted by Gasteiger charge is -2.13. The fourth-order valence-corrected chi connectivity index (χ4v) is 3.12. The summed E-state index contributed by atoms with van der Waals surface area (Å²) in [5.74, 6) is 0.758. The maximum Gasteiger partial charge on any atom is 0.301 e. The molecule has 0 aliphatic rings. The molecule has 0 spiro atoms. The molecule has 1 N–H and O–H groups in total. The molecule has 0 atom stereocenters. The molecule has 0 radical (unpaired) electrons. The molecule has 0 saturated carbocycles. The topological polar surface area (TPSA) is 129 Å². The summed E-state index contributed by atoms with van der Waals surface area (Å²) < 4.78 is 11.2. The lowest BCUT2D eigenvalue weighted by Crippen LogP contribution is -2.00. The second-order valence-electron chi connectivity index (χ2n) is 6.89. The number of hydrazone groups is 1. The van der Waals surface area contributed by atoms with E-state index >= 15 is 0 Å². The quantitative estimate of drug-likeness (QED) is 0.248. The molecule has 0 aliphatic heterocycles. The molecule has 3 rings (SSSR count). The van der Waals surface area contributed by atoms with Crippen LogP contribution in [-0.2, 0) is 6.61 Å². The molecule has 0 amide bonds. The Kier molecular flexibility index (Phi) is 7.42. The predicted molar refractivity (Wildman–Crippen MR) is 124 cm³/mol. The van der Waals surface area contributed by atoms with E-state index < -0.39 is 21.2 Å². The standard InChI is InChI=1S/C22H19ClN4O6/c1-14-3-5-15(6-4-14)13-33-22-18(23)9-16(10-21(22)32-2)12-24-25-19-8-7-17(26(28)29)11-20(19)27(30)31/h3-12,25H,13H2,1-2H3/b24-12-. The predicted octanol–water partition coefficient (Wildman–Crippen LogP) is 5.50. The number of halogens is 1. The van der Waals surface area contributed by atoms with Crippen molar-refractivity contribution in [3.05, 3.63) is 96.5 Å². The van der Waals surface area contributed by atoms with Crippen LogP contribution in [0.2, 0.25) is 5.02 Å². The molecule has 10 nitrogen and oxygen atoms in total. The number of anilines is 1. The van der Waals surface area contributed by atoms with Gasteiger partial charge in [0, 0.05) is 6.07 Å². The lowest BCUT2D eigenvalue weighted by atomic mass is 10.1. The van der Waals surface area contributed by atoms with Crippen LogP contribution in [0, 0.1) is 27.2 Å². The summed E-state index contributed by atoms with van der Waals surface area (Å²) >= 11 is 6.37.